The van der Waals surface area contributed by atoms with Crippen LogP contribution in [-0.2, 0) is 0 Å². The summed E-state index contributed by atoms with van der Waals surface area (Å²) in [6.07, 6.45) is 2.48. The van der Waals surface area contributed by atoms with Crippen LogP contribution in [0.15, 0.2) is 36.8 Å². The Morgan fingerprint density at radius 3 is 2.88 bits per heavy atom. The molecule has 17 heavy (non-hydrogen) atoms. The van der Waals surface area contributed by atoms with Crippen molar-refractivity contribution in [3.63, 3.8) is 0 Å². The van der Waals surface area contributed by atoms with Crippen molar-refractivity contribution in [2.75, 3.05) is 0 Å². The third kappa shape index (κ3) is 1.47. The first kappa shape index (κ1) is 9.89. The molecule has 0 aliphatic carbocycles. The molecule has 3 aromatic rings. The second-order valence-corrected chi connectivity index (χ2v) is 3.68. The number of rotatable bonds is 1. The Labute approximate surface area is 96.8 Å². The van der Waals surface area contributed by atoms with Crippen molar-refractivity contribution in [3.8, 4) is 5.82 Å². The number of para-hydroxylation sites is 2. The van der Waals surface area contributed by atoms with Gasteiger partial charge in [0.2, 0.25) is 0 Å². The van der Waals surface area contributed by atoms with Crippen LogP contribution in [-0.4, -0.2) is 19.5 Å². The Hall–Kier alpha value is -2.30. The molecule has 1 aromatic carbocycles. The molecule has 0 amide bonds. The molecular formula is C12H9FN4. The second kappa shape index (κ2) is 3.62. The van der Waals surface area contributed by atoms with Crippen LogP contribution >= 0.6 is 0 Å². The summed E-state index contributed by atoms with van der Waals surface area (Å²) in [4.78, 5) is 12.0. The molecule has 0 saturated carbocycles. The summed E-state index contributed by atoms with van der Waals surface area (Å²) in [5.74, 6) is 0.466. The zero-order valence-electron chi connectivity index (χ0n) is 9.13. The minimum Gasteiger partial charge on any atom is -0.278 e. The molecule has 2 aromatic heterocycles. The van der Waals surface area contributed by atoms with Gasteiger partial charge in [0, 0.05) is 0 Å². The molecule has 0 aliphatic rings. The Morgan fingerprint density at radius 1 is 1.24 bits per heavy atom. The van der Waals surface area contributed by atoms with Crippen LogP contribution < -0.4 is 0 Å². The lowest BCUT2D eigenvalue weighted by Gasteiger charge is -2.05. The normalized spacial score (nSPS) is 10.9. The fraction of sp³-hybridized carbons (Fsp3) is 0.0833. The van der Waals surface area contributed by atoms with Gasteiger partial charge in [0.1, 0.15) is 12.2 Å². The highest BCUT2D eigenvalue weighted by atomic mass is 19.1. The number of aromatic nitrogens is 4. The summed E-state index contributed by atoms with van der Waals surface area (Å²) >= 11 is 0. The van der Waals surface area contributed by atoms with Crippen LogP contribution in [0.3, 0.4) is 0 Å². The van der Waals surface area contributed by atoms with E-state index in [2.05, 4.69) is 15.0 Å². The monoisotopic (exact) mass is 228 g/mol. The van der Waals surface area contributed by atoms with E-state index >= 15 is 0 Å². The van der Waals surface area contributed by atoms with Crippen molar-refractivity contribution in [2.45, 2.75) is 6.92 Å². The zero-order chi connectivity index (χ0) is 11.8. The van der Waals surface area contributed by atoms with Gasteiger partial charge in [-0.3, -0.25) is 4.57 Å². The van der Waals surface area contributed by atoms with E-state index < -0.39 is 5.82 Å². The molecule has 3 rings (SSSR count). The highest BCUT2D eigenvalue weighted by Crippen LogP contribution is 2.20. The predicted octanol–water partition coefficient (Wildman–Crippen LogP) is 2.26. The number of nitrogens with zero attached hydrogens (tertiary/aromatic N) is 4. The van der Waals surface area contributed by atoms with E-state index in [-0.39, 0.29) is 5.82 Å². The molecular weight excluding hydrogens is 219 g/mol. The molecule has 0 N–H and O–H groups in total. The number of aryl methyl sites for hydroxylation is 1. The van der Waals surface area contributed by atoms with E-state index in [1.165, 1.54) is 6.33 Å². The molecule has 0 saturated heterocycles. The number of halogens is 1. The molecule has 0 radical (unpaired) electrons. The molecule has 0 unspecified atom stereocenters. The fourth-order valence-corrected chi connectivity index (χ4v) is 1.88. The van der Waals surface area contributed by atoms with Crippen molar-refractivity contribution in [3.05, 3.63) is 48.4 Å². The third-order valence-electron chi connectivity index (χ3n) is 2.59. The summed E-state index contributed by atoms with van der Waals surface area (Å²) in [5.41, 5.74) is 1.66. The second-order valence-electron chi connectivity index (χ2n) is 3.68. The largest absolute Gasteiger partial charge is 0.278 e. The number of hydrogen-bond acceptors (Lipinski definition) is 3. The van der Waals surface area contributed by atoms with Crippen LogP contribution in [0.4, 0.5) is 4.39 Å². The van der Waals surface area contributed by atoms with Crippen molar-refractivity contribution < 1.29 is 4.39 Å². The molecule has 0 spiro atoms. The van der Waals surface area contributed by atoms with Crippen LogP contribution in [0.5, 0.6) is 0 Å². The number of fused-ring (bicyclic) bond motifs is 1. The molecule has 2 heterocycles. The van der Waals surface area contributed by atoms with E-state index in [4.69, 9.17) is 0 Å². The van der Waals surface area contributed by atoms with E-state index in [0.717, 1.165) is 17.2 Å². The SMILES string of the molecule is Cc1nc2ccccc2n1-c1ncncc1F. The van der Waals surface area contributed by atoms with Crippen LogP contribution in [0.2, 0.25) is 0 Å². The standard InChI is InChI=1S/C12H9FN4/c1-8-16-10-4-2-3-5-11(10)17(8)12-9(13)6-14-7-15-12/h2-7H,1H3. The average Bonchev–Trinajstić information content (AvgIpc) is 2.66. The number of benzene rings is 1. The van der Waals surface area contributed by atoms with Crippen molar-refractivity contribution in [1.82, 2.24) is 19.5 Å². The van der Waals surface area contributed by atoms with Gasteiger partial charge in [0.15, 0.2) is 11.6 Å². The molecule has 0 bridgehead atoms. The summed E-state index contributed by atoms with van der Waals surface area (Å²) in [6.45, 7) is 1.82. The quantitative estimate of drug-likeness (QED) is 0.641. The van der Waals surface area contributed by atoms with E-state index in [9.17, 15) is 4.39 Å². The summed E-state index contributed by atoms with van der Waals surface area (Å²) < 4.78 is 15.4. The van der Waals surface area contributed by atoms with Gasteiger partial charge in [-0.05, 0) is 19.1 Å². The summed E-state index contributed by atoms with van der Waals surface area (Å²) in [7, 11) is 0. The van der Waals surface area contributed by atoms with Crippen molar-refractivity contribution in [2.24, 2.45) is 0 Å². The lowest BCUT2D eigenvalue weighted by atomic mass is 10.3. The maximum Gasteiger partial charge on any atom is 0.184 e. The summed E-state index contributed by atoms with van der Waals surface area (Å²) in [6, 6.07) is 7.56. The Kier molecular flexibility index (Phi) is 2.11. The minimum atomic E-state index is -0.459. The Bertz CT molecular complexity index is 690. The van der Waals surface area contributed by atoms with E-state index in [1.807, 2.05) is 31.2 Å². The van der Waals surface area contributed by atoms with E-state index in [1.54, 1.807) is 4.57 Å². The molecule has 5 heteroatoms. The van der Waals surface area contributed by atoms with Gasteiger partial charge in [-0.25, -0.2) is 19.3 Å². The lowest BCUT2D eigenvalue weighted by Crippen LogP contribution is -2.03. The molecule has 4 nitrogen and oxygen atoms in total. The first-order valence-electron chi connectivity index (χ1n) is 5.17. The van der Waals surface area contributed by atoms with Crippen molar-refractivity contribution in [1.29, 1.82) is 0 Å². The van der Waals surface area contributed by atoms with Gasteiger partial charge in [-0.15, -0.1) is 0 Å². The van der Waals surface area contributed by atoms with Gasteiger partial charge >= 0.3 is 0 Å². The first-order valence-corrected chi connectivity index (χ1v) is 5.17. The molecule has 0 atom stereocenters. The Balaban J connectivity index is 2.38. The highest BCUT2D eigenvalue weighted by Gasteiger charge is 2.13. The zero-order valence-corrected chi connectivity index (χ0v) is 9.13. The van der Waals surface area contributed by atoms with Gasteiger partial charge < -0.3 is 0 Å². The summed E-state index contributed by atoms with van der Waals surface area (Å²) in [5, 5.41) is 0. The lowest BCUT2D eigenvalue weighted by molar-refractivity contribution is 0.601. The van der Waals surface area contributed by atoms with Crippen LogP contribution in [0.25, 0.3) is 16.9 Å². The number of imidazole rings is 1. The topological polar surface area (TPSA) is 43.6 Å². The predicted molar refractivity (Wildman–Crippen MR) is 61.4 cm³/mol. The minimum absolute atomic E-state index is 0.228. The van der Waals surface area contributed by atoms with Gasteiger partial charge in [0.05, 0.1) is 17.2 Å². The smallest absolute Gasteiger partial charge is 0.184 e. The van der Waals surface area contributed by atoms with Gasteiger partial charge in [0.25, 0.3) is 0 Å². The maximum absolute atomic E-state index is 13.7. The first-order chi connectivity index (χ1) is 8.27. The number of hydrogen-bond donors (Lipinski definition) is 0. The fourth-order valence-electron chi connectivity index (χ4n) is 1.88. The Morgan fingerprint density at radius 2 is 2.06 bits per heavy atom. The van der Waals surface area contributed by atoms with Gasteiger partial charge in [-0.1, -0.05) is 12.1 Å². The maximum atomic E-state index is 13.7. The average molecular weight is 228 g/mol. The highest BCUT2D eigenvalue weighted by molar-refractivity contribution is 5.77. The van der Waals surface area contributed by atoms with Crippen molar-refractivity contribution >= 4 is 11.0 Å². The van der Waals surface area contributed by atoms with Crippen LogP contribution in [0, 0.1) is 12.7 Å². The molecule has 84 valence electrons. The third-order valence-corrected chi connectivity index (χ3v) is 2.59. The van der Waals surface area contributed by atoms with Gasteiger partial charge in [-0.2, -0.15) is 0 Å². The molecule has 0 aliphatic heterocycles. The van der Waals surface area contributed by atoms with E-state index in [0.29, 0.717) is 5.82 Å². The molecule has 0 fully saturated rings. The van der Waals surface area contributed by atoms with Crippen LogP contribution in [0.1, 0.15) is 5.82 Å².